The maximum atomic E-state index is 12.8. The van der Waals surface area contributed by atoms with E-state index in [-0.39, 0.29) is 23.4 Å². The summed E-state index contributed by atoms with van der Waals surface area (Å²) in [5.41, 5.74) is 8.15. The van der Waals surface area contributed by atoms with Crippen LogP contribution in [0.25, 0.3) is 0 Å². The first kappa shape index (κ1) is 23.8. The third-order valence-electron chi connectivity index (χ3n) is 7.88. The minimum Gasteiger partial charge on any atom is -0.370 e. The Balaban J connectivity index is 1.39. The van der Waals surface area contributed by atoms with E-state index in [2.05, 4.69) is 36.2 Å². The molecule has 0 radical (unpaired) electrons. The van der Waals surface area contributed by atoms with Crippen LogP contribution in [0.15, 0.2) is 47.6 Å². The van der Waals surface area contributed by atoms with E-state index in [1.165, 1.54) is 10.6 Å². The highest BCUT2D eigenvalue weighted by atomic mass is 16.5. The number of hydroxylamine groups is 2. The van der Waals surface area contributed by atoms with Crippen molar-refractivity contribution in [2.45, 2.75) is 69.4 Å². The molecule has 2 heterocycles. The second kappa shape index (κ2) is 10.3. The van der Waals surface area contributed by atoms with Crippen LogP contribution < -0.4 is 11.1 Å². The van der Waals surface area contributed by atoms with E-state index in [1.54, 1.807) is 0 Å². The zero-order valence-corrected chi connectivity index (χ0v) is 19.9. The molecule has 33 heavy (non-hydrogen) atoms. The monoisotopic (exact) mass is 453 g/mol. The summed E-state index contributed by atoms with van der Waals surface area (Å²) in [5.74, 6) is 1.18. The van der Waals surface area contributed by atoms with Gasteiger partial charge in [-0.15, -0.1) is 0 Å². The van der Waals surface area contributed by atoms with Crippen molar-refractivity contribution in [3.05, 3.63) is 48.2 Å². The van der Waals surface area contributed by atoms with Crippen molar-refractivity contribution in [3.8, 4) is 0 Å². The Morgan fingerprint density at radius 2 is 1.97 bits per heavy atom. The third-order valence-corrected chi connectivity index (χ3v) is 7.88. The maximum absolute atomic E-state index is 12.8. The Morgan fingerprint density at radius 1 is 1.24 bits per heavy atom. The number of nitrogens with zero attached hydrogens (tertiary/aromatic N) is 3. The molecule has 1 aromatic rings. The van der Waals surface area contributed by atoms with Crippen LogP contribution in [-0.2, 0) is 11.2 Å². The number of likely N-dealkylation sites (N-methyl/N-ethyl adjacent to an activating group) is 1. The van der Waals surface area contributed by atoms with Crippen LogP contribution in [0.1, 0.15) is 56.9 Å². The Labute approximate surface area is 197 Å². The first-order valence-corrected chi connectivity index (χ1v) is 12.4. The van der Waals surface area contributed by atoms with Crippen LogP contribution in [0.3, 0.4) is 0 Å². The highest BCUT2D eigenvalue weighted by Gasteiger charge is 2.43. The summed E-state index contributed by atoms with van der Waals surface area (Å²) in [7, 11) is 1.95. The van der Waals surface area contributed by atoms with Gasteiger partial charge in [0.05, 0.1) is 0 Å². The van der Waals surface area contributed by atoms with Crippen molar-refractivity contribution < 1.29 is 10.0 Å². The molecule has 7 heteroatoms. The summed E-state index contributed by atoms with van der Waals surface area (Å²) in [5, 5.41) is 14.2. The largest absolute Gasteiger partial charge is 0.370 e. The third kappa shape index (κ3) is 5.58. The van der Waals surface area contributed by atoms with Gasteiger partial charge in [-0.1, -0.05) is 49.8 Å². The number of hydrogen-bond acceptors (Lipinski definition) is 6. The molecule has 0 spiro atoms. The van der Waals surface area contributed by atoms with Gasteiger partial charge in [-0.2, -0.15) is 5.06 Å². The van der Waals surface area contributed by atoms with Crippen molar-refractivity contribution in [1.82, 2.24) is 15.3 Å². The number of nitrogens with two attached hydrogens (primary N) is 1. The lowest BCUT2D eigenvalue weighted by molar-refractivity contribution is -0.137. The predicted octanol–water partition coefficient (Wildman–Crippen LogP) is 3.30. The van der Waals surface area contributed by atoms with Crippen LogP contribution in [0.5, 0.6) is 0 Å². The van der Waals surface area contributed by atoms with Crippen LogP contribution in [0.2, 0.25) is 0 Å². The smallest absolute Gasteiger partial charge is 0.223 e. The minimum absolute atomic E-state index is 0.0126. The molecule has 4 N–H and O–H groups in total. The Hall–Kier alpha value is -2.38. The van der Waals surface area contributed by atoms with Crippen LogP contribution in [0.4, 0.5) is 0 Å². The average molecular weight is 454 g/mol. The molecule has 1 saturated heterocycles. The molecule has 3 atom stereocenters. The predicted molar refractivity (Wildman–Crippen MR) is 131 cm³/mol. The molecular weight excluding hydrogens is 414 g/mol. The fourth-order valence-corrected chi connectivity index (χ4v) is 5.80. The number of hydrogen-bond donors (Lipinski definition) is 3. The number of aliphatic imine (C=N–C) groups is 1. The standard InChI is InChI=1S/C26H39N5O2/c1-19-26(29-25(27)30(19)2,14-11-20-7-4-3-5-8-20)18-21-9-6-10-23(17-21)28-24(32)22-12-15-31(33)16-13-22/h3-5,7-8,21-23,33H,1,6,9-18H2,2H3,(H2,27,29)(H,28,32)/t21-,23+,26+/m0/s1. The molecule has 0 bridgehead atoms. The van der Waals surface area contributed by atoms with Gasteiger partial charge in [0.25, 0.3) is 0 Å². The van der Waals surface area contributed by atoms with Gasteiger partial charge in [-0.05, 0) is 56.4 Å². The van der Waals surface area contributed by atoms with Gasteiger partial charge < -0.3 is 21.2 Å². The molecule has 2 fully saturated rings. The molecule has 4 rings (SSSR count). The fraction of sp³-hybridized carbons (Fsp3) is 0.615. The topological polar surface area (TPSA) is 94.2 Å². The first-order chi connectivity index (χ1) is 15.9. The molecule has 2 aliphatic heterocycles. The molecule has 180 valence electrons. The molecule has 1 aliphatic carbocycles. The number of aryl methyl sites for hydroxylation is 1. The lowest BCUT2D eigenvalue weighted by atomic mass is 9.74. The Bertz CT molecular complexity index is 865. The number of amides is 1. The van der Waals surface area contributed by atoms with Crippen molar-refractivity contribution >= 4 is 11.9 Å². The summed E-state index contributed by atoms with van der Waals surface area (Å²) in [6.07, 6.45) is 8.45. The van der Waals surface area contributed by atoms with Gasteiger partial charge >= 0.3 is 0 Å². The normalized spacial score (nSPS) is 29.2. The van der Waals surface area contributed by atoms with Crippen molar-refractivity contribution in [2.24, 2.45) is 22.6 Å². The molecule has 3 aliphatic rings. The molecule has 7 nitrogen and oxygen atoms in total. The van der Waals surface area contributed by atoms with Gasteiger partial charge in [-0.25, -0.2) is 4.99 Å². The lowest BCUT2D eigenvalue weighted by Crippen LogP contribution is -2.45. The van der Waals surface area contributed by atoms with E-state index < -0.39 is 0 Å². The summed E-state index contributed by atoms with van der Waals surface area (Å²) in [6.45, 7) is 5.54. The highest BCUT2D eigenvalue weighted by Crippen LogP contribution is 2.42. The van der Waals surface area contributed by atoms with Gasteiger partial charge in [0, 0.05) is 37.8 Å². The second-order valence-electron chi connectivity index (χ2n) is 10.2. The number of carbonyl (C=O) groups is 1. The average Bonchev–Trinajstić information content (AvgIpc) is 3.02. The van der Waals surface area contributed by atoms with E-state index in [1.807, 2.05) is 18.0 Å². The second-order valence-corrected chi connectivity index (χ2v) is 10.2. The highest BCUT2D eigenvalue weighted by molar-refractivity contribution is 5.83. The van der Waals surface area contributed by atoms with E-state index in [0.717, 1.165) is 63.5 Å². The number of rotatable bonds is 7. The molecule has 0 aromatic heterocycles. The quantitative estimate of drug-likeness (QED) is 0.589. The van der Waals surface area contributed by atoms with Gasteiger partial charge in [0.1, 0.15) is 5.54 Å². The summed E-state index contributed by atoms with van der Waals surface area (Å²) in [6, 6.07) is 10.7. The first-order valence-electron chi connectivity index (χ1n) is 12.4. The van der Waals surface area contributed by atoms with E-state index in [0.29, 0.717) is 25.0 Å². The molecular formula is C26H39N5O2. The zero-order valence-electron chi connectivity index (χ0n) is 19.9. The van der Waals surface area contributed by atoms with E-state index >= 15 is 0 Å². The van der Waals surface area contributed by atoms with E-state index in [4.69, 9.17) is 10.7 Å². The number of carbonyl (C=O) groups excluding carboxylic acids is 1. The summed E-state index contributed by atoms with van der Waals surface area (Å²) >= 11 is 0. The van der Waals surface area contributed by atoms with E-state index in [9.17, 15) is 10.0 Å². The molecule has 0 unspecified atom stereocenters. The van der Waals surface area contributed by atoms with Crippen LogP contribution >= 0.6 is 0 Å². The molecule has 1 amide bonds. The number of benzene rings is 1. The number of piperidine rings is 1. The fourth-order valence-electron chi connectivity index (χ4n) is 5.80. The summed E-state index contributed by atoms with van der Waals surface area (Å²) < 4.78 is 0. The van der Waals surface area contributed by atoms with Crippen molar-refractivity contribution in [1.29, 1.82) is 0 Å². The van der Waals surface area contributed by atoms with Gasteiger partial charge in [-0.3, -0.25) is 4.79 Å². The lowest BCUT2D eigenvalue weighted by Gasteiger charge is -2.37. The SMILES string of the molecule is C=C1N(C)C(N)=N[C@]1(CCc1ccccc1)C[C@H]1CCC[C@@H](NC(=O)C2CCN(O)CC2)C1. The van der Waals surface area contributed by atoms with Gasteiger partial charge in [0.2, 0.25) is 5.91 Å². The van der Waals surface area contributed by atoms with Crippen LogP contribution in [0, 0.1) is 11.8 Å². The Morgan fingerprint density at radius 3 is 2.64 bits per heavy atom. The number of guanidine groups is 1. The maximum Gasteiger partial charge on any atom is 0.223 e. The molecule has 1 aromatic carbocycles. The molecule has 1 saturated carbocycles. The van der Waals surface area contributed by atoms with Crippen molar-refractivity contribution in [2.75, 3.05) is 20.1 Å². The van der Waals surface area contributed by atoms with Crippen molar-refractivity contribution in [3.63, 3.8) is 0 Å². The summed E-state index contributed by atoms with van der Waals surface area (Å²) in [4.78, 5) is 19.7. The van der Waals surface area contributed by atoms with Crippen LogP contribution in [-0.4, -0.2) is 58.8 Å². The van der Waals surface area contributed by atoms with Gasteiger partial charge in [0.15, 0.2) is 5.96 Å². The zero-order chi connectivity index (χ0) is 23.4. The minimum atomic E-state index is -0.376. The number of nitrogens with one attached hydrogen (secondary N) is 1. The Kier molecular flexibility index (Phi) is 7.39.